The van der Waals surface area contributed by atoms with E-state index in [4.69, 9.17) is 44.9 Å². The summed E-state index contributed by atoms with van der Waals surface area (Å²) >= 11 is 11.3. The van der Waals surface area contributed by atoms with Crippen LogP contribution in [0.15, 0.2) is 92.8 Å². The molecule has 0 amide bonds. The summed E-state index contributed by atoms with van der Waals surface area (Å²) in [5.74, 6) is -4.78. The summed E-state index contributed by atoms with van der Waals surface area (Å²) in [4.78, 5) is 20.2. The molecule has 0 atom stereocenters. The van der Waals surface area contributed by atoms with Gasteiger partial charge in [0.1, 0.15) is 26.9 Å². The molecule has 6 aromatic carbocycles. The van der Waals surface area contributed by atoms with Crippen molar-refractivity contribution in [3.63, 3.8) is 0 Å². The Morgan fingerprint density at radius 1 is 0.593 bits per heavy atom. The molecule has 25 heteroatoms. The van der Waals surface area contributed by atoms with Crippen molar-refractivity contribution in [1.29, 1.82) is 0 Å². The molecule has 0 heterocycles. The van der Waals surface area contributed by atoms with E-state index in [-0.39, 0.29) is 88.3 Å². The molecular weight excluding hydrogens is 965 g/mol. The minimum absolute atomic E-state index is 0. The third kappa shape index (κ3) is 10.4. The van der Waals surface area contributed by atoms with Crippen molar-refractivity contribution in [2.75, 3.05) is 16.8 Å². The number of hydrogen-bond donors (Lipinski definition) is 11. The Morgan fingerprint density at radius 3 is 1.53 bits per heavy atom. The zero-order chi connectivity index (χ0) is 42.3. The third-order valence-corrected chi connectivity index (χ3v) is 10.2. The number of nitrogens with two attached hydrogens (primary N) is 2. The molecule has 19 nitrogen and oxygen atoms in total. The number of phenolic OH excluding ortho intramolecular Hbond substituents is 4. The fourth-order valence-corrected chi connectivity index (χ4v) is 6.94. The number of carboxylic acids is 2. The first-order valence-electron chi connectivity index (χ1n) is 15.2. The van der Waals surface area contributed by atoms with Crippen LogP contribution in [-0.4, -0.2) is 68.5 Å². The summed E-state index contributed by atoms with van der Waals surface area (Å²) in [6.45, 7) is 0. The number of halogens is 2. The molecule has 0 spiro atoms. The van der Waals surface area contributed by atoms with Gasteiger partial charge in [0.2, 0.25) is 0 Å². The minimum Gasteiger partial charge on any atom is -0.505 e. The van der Waals surface area contributed by atoms with Crippen LogP contribution in [0.5, 0.6) is 23.0 Å². The maximum absolute atomic E-state index is 12.3. The number of azo groups is 1. The first kappa shape index (κ1) is 47.8. The van der Waals surface area contributed by atoms with Gasteiger partial charge < -0.3 is 47.4 Å². The van der Waals surface area contributed by atoms with Crippen LogP contribution in [-0.2, 0) is 54.4 Å². The fraction of sp³-hybridized carbons (Fsp3) is 0. The Hall–Kier alpha value is -5.58. The summed E-state index contributed by atoms with van der Waals surface area (Å²) in [7, 11) is -9.78. The Morgan fingerprint density at radius 2 is 1.05 bits per heavy atom. The summed E-state index contributed by atoms with van der Waals surface area (Å²) in [6.07, 6.45) is 0. The van der Waals surface area contributed by atoms with E-state index in [2.05, 4.69) is 15.5 Å². The molecule has 6 rings (SSSR count). The molecule has 0 saturated heterocycles. The zero-order valence-electron chi connectivity index (χ0n) is 28.7. The van der Waals surface area contributed by atoms with Crippen LogP contribution in [0.2, 0.25) is 10.0 Å². The van der Waals surface area contributed by atoms with Gasteiger partial charge in [0.25, 0.3) is 20.2 Å². The Labute approximate surface area is 363 Å². The quantitative estimate of drug-likeness (QED) is 0.0240. The van der Waals surface area contributed by atoms with Crippen LogP contribution in [0, 0.1) is 0 Å². The predicted molar refractivity (Wildman–Crippen MR) is 207 cm³/mol. The number of aromatic hydroxyl groups is 4. The number of nitrogens with one attached hydrogen (secondary N) is 1. The molecule has 0 aromatic heterocycles. The van der Waals surface area contributed by atoms with E-state index in [1.807, 2.05) is 0 Å². The second kappa shape index (κ2) is 18.1. The van der Waals surface area contributed by atoms with Gasteiger partial charge in [0.05, 0.1) is 32.5 Å². The molecular formula is C34H25Cl2Cu2N5O14S2. The van der Waals surface area contributed by atoms with E-state index >= 15 is 0 Å². The van der Waals surface area contributed by atoms with E-state index in [9.17, 15) is 56.0 Å². The van der Waals surface area contributed by atoms with Gasteiger partial charge in [-0.2, -0.15) is 16.8 Å². The van der Waals surface area contributed by atoms with Crippen LogP contribution in [0.25, 0.3) is 21.5 Å². The van der Waals surface area contributed by atoms with Gasteiger partial charge >= 0.3 is 11.9 Å². The fourth-order valence-electron chi connectivity index (χ4n) is 5.19. The van der Waals surface area contributed by atoms with Crippen molar-refractivity contribution in [3.05, 3.63) is 94.0 Å². The molecule has 2 radical (unpaired) electrons. The third-order valence-electron chi connectivity index (χ3n) is 7.90. The van der Waals surface area contributed by atoms with Gasteiger partial charge in [-0.3, -0.25) is 9.11 Å². The maximum atomic E-state index is 12.3. The normalized spacial score (nSPS) is 11.3. The SMILES string of the molecule is Nc1c(S(=O)(=O)O)cc2cc(Nc3ccc4c(O)c(N=Nc5cc(C(=O)O)cc(Cl)c5O)c(S(=O)(=O)O)cc4c3)ccc2c1O.Nc1cc(C(=O)O)cc(Cl)c1O.[Cu].[Cu]. The van der Waals surface area contributed by atoms with E-state index in [0.29, 0.717) is 11.4 Å². The predicted octanol–water partition coefficient (Wildman–Crippen LogP) is 7.02. The number of rotatable bonds is 8. The zero-order valence-corrected chi connectivity index (χ0v) is 33.7. The van der Waals surface area contributed by atoms with E-state index in [1.54, 1.807) is 0 Å². The number of fused-ring (bicyclic) bond motifs is 2. The molecule has 0 saturated carbocycles. The standard InChI is InChI=1S/C27H19ClN4O11S2.C7H6ClNO3.2Cu/c28-18-7-13(27(36)37)8-19(26(18)35)31-32-23-21(45(41,42)43)10-12-6-15(2-4-17(12)25(23)34)30-14-1-3-16-11(5-14)9-20(44(38,39)40)22(29)24(16)33;8-4-1-3(7(11)12)2-5(9)6(4)10;;/h1-10,30,33-35H,29H2,(H,36,37)(H,38,39,40)(H,41,42,43);1-2,10H,9H2,(H,11,12);;. The van der Waals surface area contributed by atoms with Crippen LogP contribution < -0.4 is 16.8 Å². The first-order chi connectivity index (χ1) is 26.5. The molecule has 0 aliphatic carbocycles. The van der Waals surface area contributed by atoms with Crippen LogP contribution in [0.1, 0.15) is 20.7 Å². The summed E-state index contributed by atoms with van der Waals surface area (Å²) in [5, 5.41) is 68.7. The van der Waals surface area contributed by atoms with Gasteiger partial charge in [-0.05, 0) is 83.6 Å². The molecule has 0 unspecified atom stereocenters. The van der Waals surface area contributed by atoms with E-state index in [0.717, 1.165) is 36.4 Å². The average molecular weight is 990 g/mol. The largest absolute Gasteiger partial charge is 0.505 e. The van der Waals surface area contributed by atoms with Crippen LogP contribution in [0.4, 0.5) is 34.1 Å². The molecule has 318 valence electrons. The van der Waals surface area contributed by atoms with Crippen molar-refractivity contribution in [2.45, 2.75) is 9.79 Å². The number of anilines is 4. The van der Waals surface area contributed by atoms with E-state index < -0.39 is 76.3 Å². The summed E-state index contributed by atoms with van der Waals surface area (Å²) in [5.41, 5.74) is 9.45. The number of aromatic carboxylic acids is 2. The topological polar surface area (TPSA) is 353 Å². The van der Waals surface area contributed by atoms with Gasteiger partial charge in [-0.15, -0.1) is 10.2 Å². The smallest absolute Gasteiger partial charge is 0.335 e. The second-order valence-electron chi connectivity index (χ2n) is 11.7. The summed E-state index contributed by atoms with van der Waals surface area (Å²) in [6, 6.07) is 14.9. The Bertz CT molecular complexity index is 2940. The average Bonchev–Trinajstić information content (AvgIpc) is 3.12. The van der Waals surface area contributed by atoms with Gasteiger partial charge in [-0.25, -0.2) is 9.59 Å². The van der Waals surface area contributed by atoms with E-state index in [1.165, 1.54) is 36.4 Å². The van der Waals surface area contributed by atoms with Crippen molar-refractivity contribution in [3.8, 4) is 23.0 Å². The monoisotopic (exact) mass is 987 g/mol. The maximum Gasteiger partial charge on any atom is 0.335 e. The molecule has 13 N–H and O–H groups in total. The number of carbonyl (C=O) groups is 2. The van der Waals surface area contributed by atoms with Crippen molar-refractivity contribution in [2.24, 2.45) is 10.2 Å². The Kier molecular flexibility index (Phi) is 14.7. The van der Waals surface area contributed by atoms with Crippen molar-refractivity contribution < 1.29 is 100 Å². The summed E-state index contributed by atoms with van der Waals surface area (Å²) < 4.78 is 67.3. The Balaban J connectivity index is 0.000000573. The number of hydrogen-bond acceptors (Lipinski definition) is 15. The van der Waals surface area contributed by atoms with Crippen LogP contribution >= 0.6 is 23.2 Å². The van der Waals surface area contributed by atoms with Gasteiger partial charge in [-0.1, -0.05) is 23.2 Å². The van der Waals surface area contributed by atoms with Gasteiger partial charge in [0.15, 0.2) is 17.2 Å². The molecule has 0 bridgehead atoms. The second-order valence-corrected chi connectivity index (χ2v) is 15.3. The first-order valence-corrected chi connectivity index (χ1v) is 18.9. The number of benzene rings is 6. The number of carboxylic acid groups (broad SMARTS) is 2. The number of phenols is 4. The number of nitrogens with zero attached hydrogens (tertiary/aromatic N) is 2. The molecule has 0 aliphatic heterocycles. The molecule has 59 heavy (non-hydrogen) atoms. The molecule has 0 fully saturated rings. The van der Waals surface area contributed by atoms with Crippen molar-refractivity contribution >= 4 is 111 Å². The number of nitrogen functional groups attached to an aromatic ring is 2. The minimum atomic E-state index is -5.03. The molecule has 6 aromatic rings. The van der Waals surface area contributed by atoms with Crippen LogP contribution in [0.3, 0.4) is 0 Å². The van der Waals surface area contributed by atoms with Crippen molar-refractivity contribution in [1.82, 2.24) is 0 Å². The molecule has 0 aliphatic rings. The van der Waals surface area contributed by atoms with Gasteiger partial charge in [0, 0.05) is 56.3 Å².